The predicted octanol–water partition coefficient (Wildman–Crippen LogP) is 1.32. The zero-order valence-corrected chi connectivity index (χ0v) is 11.1. The maximum absolute atomic E-state index is 12.7. The van der Waals surface area contributed by atoms with Crippen molar-refractivity contribution in [1.82, 2.24) is 9.55 Å². The number of nitrogens with one attached hydrogen (secondary N) is 1. The first-order valence-corrected chi connectivity index (χ1v) is 6.04. The van der Waals surface area contributed by atoms with E-state index in [-0.39, 0.29) is 22.4 Å². The van der Waals surface area contributed by atoms with Crippen LogP contribution in [0.2, 0.25) is 0 Å². The summed E-state index contributed by atoms with van der Waals surface area (Å²) >= 11 is 2.97. The molecule has 2 aromatic rings. The van der Waals surface area contributed by atoms with Crippen molar-refractivity contribution in [3.05, 3.63) is 67.2 Å². The predicted molar refractivity (Wildman–Crippen MR) is 69.8 cm³/mol. The molecule has 5 nitrogen and oxygen atoms in total. The molecule has 98 valence electrons. The molecule has 0 saturated carbocycles. The second kappa shape index (κ2) is 5.31. The molecule has 0 saturated heterocycles. The molecule has 1 N–H and O–H groups in total. The first-order chi connectivity index (χ1) is 8.97. The molecule has 0 amide bonds. The maximum Gasteiger partial charge on any atom is 0.328 e. The molecule has 0 aliphatic rings. The van der Waals surface area contributed by atoms with E-state index >= 15 is 0 Å². The second-order valence-electron chi connectivity index (χ2n) is 3.79. The van der Waals surface area contributed by atoms with E-state index in [4.69, 9.17) is 0 Å². The lowest BCUT2D eigenvalue weighted by Crippen LogP contribution is -2.31. The molecular weight excluding hydrogens is 319 g/mol. The van der Waals surface area contributed by atoms with Gasteiger partial charge in [0.15, 0.2) is 5.78 Å². The van der Waals surface area contributed by atoms with Crippen molar-refractivity contribution in [3.63, 3.8) is 0 Å². The fourth-order valence-corrected chi connectivity index (χ4v) is 1.83. The van der Waals surface area contributed by atoms with Crippen molar-refractivity contribution in [2.75, 3.05) is 0 Å². The molecule has 0 aliphatic carbocycles. The van der Waals surface area contributed by atoms with Crippen molar-refractivity contribution >= 4 is 21.7 Å². The molecule has 0 unspecified atom stereocenters. The van der Waals surface area contributed by atoms with Gasteiger partial charge in [-0.1, -0.05) is 0 Å². The molecule has 7 heteroatoms. The summed E-state index contributed by atoms with van der Waals surface area (Å²) in [6.07, 6.45) is 1.24. The minimum atomic E-state index is -0.677. The normalized spacial score (nSPS) is 10.4. The summed E-state index contributed by atoms with van der Waals surface area (Å²) in [4.78, 5) is 36.6. The van der Waals surface area contributed by atoms with Crippen molar-refractivity contribution in [3.8, 4) is 0 Å². The number of Topliss-reactive ketones (excluding diaryl/α,β-unsaturated/α-hetero) is 1. The molecule has 0 fully saturated rings. The summed E-state index contributed by atoms with van der Waals surface area (Å²) in [7, 11) is 0. The Balaban J connectivity index is 2.29. The molecule has 1 heterocycles. The van der Waals surface area contributed by atoms with Crippen LogP contribution in [-0.4, -0.2) is 15.3 Å². The molecule has 1 aromatic heterocycles. The van der Waals surface area contributed by atoms with Gasteiger partial charge in [-0.05, 0) is 40.2 Å². The van der Waals surface area contributed by atoms with Crippen LogP contribution in [0.1, 0.15) is 10.4 Å². The Labute approximate surface area is 114 Å². The van der Waals surface area contributed by atoms with E-state index in [1.807, 2.05) is 0 Å². The van der Waals surface area contributed by atoms with E-state index < -0.39 is 17.1 Å². The van der Waals surface area contributed by atoms with Crippen molar-refractivity contribution < 1.29 is 9.18 Å². The van der Waals surface area contributed by atoms with Crippen molar-refractivity contribution in [2.24, 2.45) is 0 Å². The summed E-state index contributed by atoms with van der Waals surface area (Å²) in [5.74, 6) is -0.804. The molecule has 0 atom stereocenters. The first-order valence-electron chi connectivity index (χ1n) is 5.25. The molecule has 0 spiro atoms. The number of carbonyl (C=O) groups excluding carboxylic acids is 1. The number of ketones is 1. The van der Waals surface area contributed by atoms with Gasteiger partial charge in [-0.2, -0.15) is 0 Å². The summed E-state index contributed by atoms with van der Waals surface area (Å²) in [6, 6.07) is 5.00. The average molecular weight is 327 g/mol. The Kier molecular flexibility index (Phi) is 3.75. The van der Waals surface area contributed by atoms with Gasteiger partial charge in [-0.25, -0.2) is 9.18 Å². The number of carbonyl (C=O) groups is 1. The maximum atomic E-state index is 12.7. The zero-order valence-electron chi connectivity index (χ0n) is 9.52. The van der Waals surface area contributed by atoms with Crippen LogP contribution < -0.4 is 11.2 Å². The lowest BCUT2D eigenvalue weighted by atomic mass is 10.1. The number of hydrogen-bond donors (Lipinski definition) is 1. The fraction of sp³-hybridized carbons (Fsp3) is 0.0833. The summed E-state index contributed by atoms with van der Waals surface area (Å²) < 4.78 is 13.9. The largest absolute Gasteiger partial charge is 0.328 e. The zero-order chi connectivity index (χ0) is 14.0. The summed E-state index contributed by atoms with van der Waals surface area (Å²) in [6.45, 7) is -0.236. The van der Waals surface area contributed by atoms with E-state index in [1.165, 1.54) is 30.5 Å². The number of halogens is 2. The molecule has 0 radical (unpaired) electrons. The SMILES string of the molecule is O=C(Cn1cc(Br)c(=O)[nH]c1=O)c1ccc(F)cc1. The lowest BCUT2D eigenvalue weighted by molar-refractivity contribution is 0.0970. The minimum Gasteiger partial charge on any atom is -0.292 e. The van der Waals surface area contributed by atoms with Crippen LogP contribution in [-0.2, 0) is 6.54 Å². The third kappa shape index (κ3) is 3.05. The van der Waals surface area contributed by atoms with E-state index in [2.05, 4.69) is 20.9 Å². The number of rotatable bonds is 3. The molecular formula is C12H8BrFN2O3. The Morgan fingerprint density at radius 1 is 1.26 bits per heavy atom. The van der Waals surface area contributed by atoms with Crippen LogP contribution in [0.15, 0.2) is 44.5 Å². The van der Waals surface area contributed by atoms with Gasteiger partial charge in [0.25, 0.3) is 5.56 Å². The minimum absolute atomic E-state index is 0.152. The third-order valence-corrected chi connectivity index (χ3v) is 3.01. The quantitative estimate of drug-likeness (QED) is 0.865. The number of H-pyrrole nitrogens is 1. The average Bonchev–Trinajstić information content (AvgIpc) is 2.36. The number of aromatic amines is 1. The van der Waals surface area contributed by atoms with Crippen LogP contribution >= 0.6 is 15.9 Å². The highest BCUT2D eigenvalue weighted by molar-refractivity contribution is 9.10. The van der Waals surface area contributed by atoms with Crippen molar-refractivity contribution in [2.45, 2.75) is 6.54 Å². The van der Waals surface area contributed by atoms with Gasteiger partial charge >= 0.3 is 5.69 Å². The smallest absolute Gasteiger partial charge is 0.292 e. The van der Waals surface area contributed by atoms with Crippen LogP contribution in [0.5, 0.6) is 0 Å². The number of aromatic nitrogens is 2. The molecule has 1 aromatic carbocycles. The highest BCUT2D eigenvalue weighted by Crippen LogP contribution is 2.05. The topological polar surface area (TPSA) is 71.9 Å². The second-order valence-corrected chi connectivity index (χ2v) is 4.65. The molecule has 0 bridgehead atoms. The Morgan fingerprint density at radius 3 is 2.53 bits per heavy atom. The number of benzene rings is 1. The van der Waals surface area contributed by atoms with Crippen LogP contribution in [0.3, 0.4) is 0 Å². The highest BCUT2D eigenvalue weighted by atomic mass is 79.9. The van der Waals surface area contributed by atoms with Crippen LogP contribution in [0.4, 0.5) is 4.39 Å². The highest BCUT2D eigenvalue weighted by Gasteiger charge is 2.09. The van der Waals surface area contributed by atoms with Gasteiger partial charge in [-0.15, -0.1) is 0 Å². The van der Waals surface area contributed by atoms with Gasteiger partial charge in [0.1, 0.15) is 5.82 Å². The van der Waals surface area contributed by atoms with E-state index in [0.29, 0.717) is 0 Å². The van der Waals surface area contributed by atoms with Gasteiger partial charge in [0, 0.05) is 11.8 Å². The fourth-order valence-electron chi connectivity index (χ4n) is 1.48. The van der Waals surface area contributed by atoms with Gasteiger partial charge < -0.3 is 0 Å². The van der Waals surface area contributed by atoms with Crippen LogP contribution in [0, 0.1) is 5.82 Å². The molecule has 2 rings (SSSR count). The lowest BCUT2D eigenvalue weighted by Gasteiger charge is -2.04. The van der Waals surface area contributed by atoms with E-state index in [1.54, 1.807) is 0 Å². The Morgan fingerprint density at radius 2 is 1.89 bits per heavy atom. The van der Waals surface area contributed by atoms with Gasteiger partial charge in [-0.3, -0.25) is 19.1 Å². The van der Waals surface area contributed by atoms with E-state index in [9.17, 15) is 18.8 Å². The molecule has 19 heavy (non-hydrogen) atoms. The summed E-state index contributed by atoms with van der Waals surface area (Å²) in [5, 5.41) is 0. The Bertz CT molecular complexity index is 734. The van der Waals surface area contributed by atoms with E-state index in [0.717, 1.165) is 4.57 Å². The monoisotopic (exact) mass is 326 g/mol. The molecule has 0 aliphatic heterocycles. The third-order valence-electron chi connectivity index (χ3n) is 2.45. The van der Waals surface area contributed by atoms with Crippen molar-refractivity contribution in [1.29, 1.82) is 0 Å². The number of nitrogens with zero attached hydrogens (tertiary/aromatic N) is 1. The number of hydrogen-bond acceptors (Lipinski definition) is 3. The first kappa shape index (κ1) is 13.4. The summed E-state index contributed by atoms with van der Waals surface area (Å²) in [5.41, 5.74) is -0.949. The standard InChI is InChI=1S/C12H8BrFN2O3/c13-9-5-16(12(19)15-11(9)18)6-10(17)7-1-3-8(14)4-2-7/h1-5H,6H2,(H,15,18,19). The Hall–Kier alpha value is -2.02. The van der Waals surface area contributed by atoms with Gasteiger partial charge in [0.2, 0.25) is 0 Å². The van der Waals surface area contributed by atoms with Gasteiger partial charge in [0.05, 0.1) is 11.0 Å². The van der Waals surface area contributed by atoms with Crippen LogP contribution in [0.25, 0.3) is 0 Å².